The maximum absolute atomic E-state index is 9.16. The molecule has 0 atom stereocenters. The second kappa shape index (κ2) is 6.88. The Morgan fingerprint density at radius 2 is 1.79 bits per heavy atom. The lowest BCUT2D eigenvalue weighted by Gasteiger charge is -2.08. The van der Waals surface area contributed by atoms with Crippen molar-refractivity contribution in [2.24, 2.45) is 0 Å². The largest absolute Gasteiger partial charge is 0.493 e. The summed E-state index contributed by atoms with van der Waals surface area (Å²) in [6, 6.07) is 15.8. The smallest absolute Gasteiger partial charge is 0.163 e. The molecular weight excluding hydrogens is 302 g/mol. The van der Waals surface area contributed by atoms with E-state index in [0.717, 1.165) is 16.6 Å². The molecule has 0 saturated heterocycles. The summed E-state index contributed by atoms with van der Waals surface area (Å²) in [4.78, 5) is 4.62. The molecule has 5 heteroatoms. The zero-order chi connectivity index (χ0) is 16.9. The van der Waals surface area contributed by atoms with Gasteiger partial charge >= 0.3 is 0 Å². The SMILES string of the molecule is COc1cc2nc(/C=C/c3ccccc3)n(CC#N)c2cc1OC. The number of imidazole rings is 1. The number of fused-ring (bicyclic) bond motifs is 1. The average Bonchev–Trinajstić information content (AvgIpc) is 2.96. The van der Waals surface area contributed by atoms with E-state index in [2.05, 4.69) is 11.1 Å². The van der Waals surface area contributed by atoms with Crippen LogP contribution in [0, 0.1) is 11.3 Å². The predicted molar refractivity (Wildman–Crippen MR) is 93.8 cm³/mol. The van der Waals surface area contributed by atoms with Gasteiger partial charge in [-0.15, -0.1) is 0 Å². The van der Waals surface area contributed by atoms with Crippen molar-refractivity contribution < 1.29 is 9.47 Å². The van der Waals surface area contributed by atoms with E-state index >= 15 is 0 Å². The lowest BCUT2D eigenvalue weighted by molar-refractivity contribution is 0.355. The van der Waals surface area contributed by atoms with Crippen molar-refractivity contribution in [2.45, 2.75) is 6.54 Å². The van der Waals surface area contributed by atoms with E-state index in [0.29, 0.717) is 17.3 Å². The minimum atomic E-state index is 0.209. The number of rotatable bonds is 5. The first kappa shape index (κ1) is 15.6. The number of benzene rings is 2. The second-order valence-corrected chi connectivity index (χ2v) is 5.15. The Hall–Kier alpha value is -3.26. The molecule has 0 aliphatic carbocycles. The third-order valence-corrected chi connectivity index (χ3v) is 3.74. The van der Waals surface area contributed by atoms with Crippen molar-refractivity contribution >= 4 is 23.2 Å². The van der Waals surface area contributed by atoms with E-state index in [1.54, 1.807) is 14.2 Å². The molecule has 0 unspecified atom stereocenters. The summed E-state index contributed by atoms with van der Waals surface area (Å²) in [5.74, 6) is 1.94. The highest BCUT2D eigenvalue weighted by Crippen LogP contribution is 2.32. The highest BCUT2D eigenvalue weighted by Gasteiger charge is 2.13. The number of hydrogen-bond acceptors (Lipinski definition) is 4. The van der Waals surface area contributed by atoms with E-state index in [-0.39, 0.29) is 6.54 Å². The van der Waals surface area contributed by atoms with Crippen molar-refractivity contribution in [3.05, 3.63) is 53.9 Å². The zero-order valence-corrected chi connectivity index (χ0v) is 13.6. The molecule has 1 heterocycles. The van der Waals surface area contributed by atoms with Crippen molar-refractivity contribution in [1.29, 1.82) is 5.26 Å². The molecule has 24 heavy (non-hydrogen) atoms. The molecule has 0 fully saturated rings. The quantitative estimate of drug-likeness (QED) is 0.718. The van der Waals surface area contributed by atoms with Crippen LogP contribution in [0.4, 0.5) is 0 Å². The van der Waals surface area contributed by atoms with Crippen molar-refractivity contribution in [1.82, 2.24) is 9.55 Å². The Bertz CT molecular complexity index is 921. The van der Waals surface area contributed by atoms with Crippen LogP contribution < -0.4 is 9.47 Å². The summed E-state index contributed by atoms with van der Waals surface area (Å²) in [7, 11) is 3.18. The van der Waals surface area contributed by atoms with E-state index in [1.165, 1.54) is 0 Å². The topological polar surface area (TPSA) is 60.1 Å². The van der Waals surface area contributed by atoms with E-state index in [4.69, 9.17) is 14.7 Å². The summed E-state index contributed by atoms with van der Waals surface area (Å²) in [5, 5.41) is 9.16. The van der Waals surface area contributed by atoms with Gasteiger partial charge in [0.1, 0.15) is 12.4 Å². The van der Waals surface area contributed by atoms with E-state index in [9.17, 15) is 0 Å². The van der Waals surface area contributed by atoms with E-state index < -0.39 is 0 Å². The number of methoxy groups -OCH3 is 2. The van der Waals surface area contributed by atoms with Gasteiger partial charge in [-0.05, 0) is 11.6 Å². The molecule has 0 aliphatic rings. The van der Waals surface area contributed by atoms with Crippen LogP contribution in [0.2, 0.25) is 0 Å². The van der Waals surface area contributed by atoms with Gasteiger partial charge in [0.2, 0.25) is 0 Å². The number of nitrogens with zero attached hydrogens (tertiary/aromatic N) is 3. The highest BCUT2D eigenvalue weighted by atomic mass is 16.5. The fourth-order valence-electron chi connectivity index (χ4n) is 2.57. The maximum atomic E-state index is 9.16. The van der Waals surface area contributed by atoms with Crippen LogP contribution in [0.5, 0.6) is 11.5 Å². The summed E-state index contributed by atoms with van der Waals surface area (Å²) >= 11 is 0. The molecule has 3 rings (SSSR count). The van der Waals surface area contributed by atoms with E-state index in [1.807, 2.05) is 59.2 Å². The molecule has 0 radical (unpaired) electrons. The normalized spacial score (nSPS) is 10.9. The Kier molecular flexibility index (Phi) is 4.48. The zero-order valence-electron chi connectivity index (χ0n) is 13.6. The minimum Gasteiger partial charge on any atom is -0.493 e. The minimum absolute atomic E-state index is 0.209. The molecule has 0 bridgehead atoms. The number of aromatic nitrogens is 2. The summed E-state index contributed by atoms with van der Waals surface area (Å²) < 4.78 is 12.5. The molecule has 1 aromatic heterocycles. The third-order valence-electron chi connectivity index (χ3n) is 3.74. The molecule has 0 amide bonds. The molecule has 0 spiro atoms. The molecular formula is C19H17N3O2. The summed E-state index contributed by atoms with van der Waals surface area (Å²) in [5.41, 5.74) is 2.67. The number of ether oxygens (including phenoxy) is 2. The average molecular weight is 319 g/mol. The van der Waals surface area contributed by atoms with Gasteiger partial charge in [0.05, 0.1) is 31.3 Å². The molecule has 120 valence electrons. The lowest BCUT2D eigenvalue weighted by Crippen LogP contribution is -1.99. The Morgan fingerprint density at radius 3 is 2.46 bits per heavy atom. The molecule has 3 aromatic rings. The van der Waals surface area contributed by atoms with Crippen LogP contribution in [0.3, 0.4) is 0 Å². The lowest BCUT2D eigenvalue weighted by atomic mass is 10.2. The van der Waals surface area contributed by atoms with Crippen molar-refractivity contribution in [3.8, 4) is 17.6 Å². The Labute approximate surface area is 140 Å². The summed E-state index contributed by atoms with van der Waals surface area (Å²) in [6.07, 6.45) is 3.88. The second-order valence-electron chi connectivity index (χ2n) is 5.15. The maximum Gasteiger partial charge on any atom is 0.163 e. The van der Waals surface area contributed by atoms with Crippen molar-refractivity contribution in [3.63, 3.8) is 0 Å². The van der Waals surface area contributed by atoms with Crippen LogP contribution in [0.15, 0.2) is 42.5 Å². The van der Waals surface area contributed by atoms with Gasteiger partial charge in [-0.1, -0.05) is 36.4 Å². The molecule has 0 aliphatic heterocycles. The van der Waals surface area contributed by atoms with Gasteiger partial charge in [0, 0.05) is 12.1 Å². The number of nitriles is 1. The molecule has 5 nitrogen and oxygen atoms in total. The van der Waals surface area contributed by atoms with Gasteiger partial charge in [-0.3, -0.25) is 0 Å². The van der Waals surface area contributed by atoms with Crippen LogP contribution in [0.25, 0.3) is 23.2 Å². The van der Waals surface area contributed by atoms with Gasteiger partial charge in [0.15, 0.2) is 11.5 Å². The van der Waals surface area contributed by atoms with Crippen LogP contribution >= 0.6 is 0 Å². The molecule has 2 aromatic carbocycles. The first-order valence-corrected chi connectivity index (χ1v) is 7.49. The molecule has 0 saturated carbocycles. The molecule has 0 N–H and O–H groups in total. The third kappa shape index (κ3) is 2.95. The predicted octanol–water partition coefficient (Wildman–Crippen LogP) is 3.75. The fraction of sp³-hybridized carbons (Fsp3) is 0.158. The fourth-order valence-corrected chi connectivity index (χ4v) is 2.57. The Balaban J connectivity index is 2.11. The van der Waals surface area contributed by atoms with Gasteiger partial charge < -0.3 is 14.0 Å². The van der Waals surface area contributed by atoms with Gasteiger partial charge in [-0.2, -0.15) is 5.26 Å². The standard InChI is InChI=1S/C19H17N3O2/c1-23-17-12-15-16(13-18(17)24-2)22(11-10-20)19(21-15)9-8-14-6-4-3-5-7-14/h3-9,12-13H,11H2,1-2H3/b9-8+. The summed E-state index contributed by atoms with van der Waals surface area (Å²) in [6.45, 7) is 0.209. The monoisotopic (exact) mass is 319 g/mol. The van der Waals surface area contributed by atoms with Crippen LogP contribution in [-0.2, 0) is 6.54 Å². The van der Waals surface area contributed by atoms with Gasteiger partial charge in [0.25, 0.3) is 0 Å². The van der Waals surface area contributed by atoms with Crippen LogP contribution in [-0.4, -0.2) is 23.8 Å². The first-order chi connectivity index (χ1) is 11.8. The van der Waals surface area contributed by atoms with Gasteiger partial charge in [-0.25, -0.2) is 4.98 Å². The van der Waals surface area contributed by atoms with Crippen LogP contribution in [0.1, 0.15) is 11.4 Å². The van der Waals surface area contributed by atoms with Crippen molar-refractivity contribution in [2.75, 3.05) is 14.2 Å². The Morgan fingerprint density at radius 1 is 1.08 bits per heavy atom. The highest BCUT2D eigenvalue weighted by molar-refractivity contribution is 5.83. The number of hydrogen-bond donors (Lipinski definition) is 0. The first-order valence-electron chi connectivity index (χ1n) is 7.49.